The normalized spacial score (nSPS) is 11.8. The maximum Gasteiger partial charge on any atom is 0.148 e. The topological polar surface area (TPSA) is 112 Å². The molecule has 0 spiro atoms. The molecule has 0 aliphatic carbocycles. The van der Waals surface area contributed by atoms with Crippen LogP contribution in [-0.2, 0) is 58.4 Å². The number of aromatic hydroxyl groups is 2. The third-order valence-corrected chi connectivity index (χ3v) is 25.4. The minimum atomic E-state index is -0.389. The smallest absolute Gasteiger partial charge is 0.148 e. The minimum Gasteiger partial charge on any atom is -0.507 e. The first-order valence-corrected chi connectivity index (χ1v) is 44.0. The summed E-state index contributed by atoms with van der Waals surface area (Å²) < 4.78 is 9.09. The van der Waals surface area contributed by atoms with E-state index in [0.717, 1.165) is 172 Å². The van der Waals surface area contributed by atoms with E-state index in [0.29, 0.717) is 22.8 Å². The van der Waals surface area contributed by atoms with Crippen LogP contribution in [0.5, 0.6) is 11.5 Å². The molecule has 0 bridgehead atoms. The number of fused-ring (bicyclic) bond motifs is 8. The number of para-hydroxylation sites is 8. The summed E-state index contributed by atoms with van der Waals surface area (Å²) in [7, 11) is 0. The Hall–Kier alpha value is -14.7. The van der Waals surface area contributed by atoms with Crippen LogP contribution in [0.25, 0.3) is 189 Å². The van der Waals surface area contributed by atoms with Gasteiger partial charge in [-0.2, -0.15) is 0 Å². The van der Waals surface area contributed by atoms with Gasteiger partial charge in [-0.05, 0) is 153 Å². The third-order valence-electron chi connectivity index (χ3n) is 25.4. The molecule has 2 N–H and O–H groups in total. The van der Waals surface area contributed by atoms with E-state index in [1.807, 2.05) is 54.9 Å². The van der Waals surface area contributed by atoms with Crippen LogP contribution in [0, 0.1) is 12.1 Å². The summed E-state index contributed by atoms with van der Waals surface area (Å²) in [5, 5.41) is 27.4. The second-order valence-corrected chi connectivity index (χ2v) is 35.9. The van der Waals surface area contributed by atoms with Crippen LogP contribution in [0.15, 0.2) is 401 Å². The second-order valence-electron chi connectivity index (χ2n) is 35.9. The van der Waals surface area contributed by atoms with Crippen molar-refractivity contribution in [1.82, 2.24) is 38.2 Å². The average molecular weight is 2060 g/mol. The van der Waals surface area contributed by atoms with Gasteiger partial charge in [0.15, 0.2) is 0 Å². The van der Waals surface area contributed by atoms with E-state index < -0.39 is 0 Å². The molecule has 0 saturated heterocycles. The van der Waals surface area contributed by atoms with Crippen molar-refractivity contribution in [3.05, 3.63) is 435 Å². The molecule has 10 nitrogen and oxygen atoms in total. The predicted octanol–water partition coefficient (Wildman–Crippen LogP) is 30.0. The molecule has 131 heavy (non-hydrogen) atoms. The second kappa shape index (κ2) is 35.1. The molecule has 0 aliphatic rings. The molecule has 16 aromatic carbocycles. The van der Waals surface area contributed by atoms with Crippen LogP contribution >= 0.6 is 0 Å². The van der Waals surface area contributed by atoms with E-state index in [4.69, 9.17) is 19.9 Å². The number of phenolic OH excluding ortho intramolecular Hbond substituents is 2. The van der Waals surface area contributed by atoms with Crippen LogP contribution in [0.3, 0.4) is 0 Å². The van der Waals surface area contributed by atoms with Crippen molar-refractivity contribution >= 4 is 65.7 Å². The number of nitrogens with zero attached hydrogens (tertiary/aromatic N) is 8. The molecule has 6 aromatic heterocycles. The molecule has 0 atom stereocenters. The molecule has 642 valence electrons. The zero-order chi connectivity index (χ0) is 87.8. The van der Waals surface area contributed by atoms with E-state index in [1.165, 1.54) is 16.7 Å². The fourth-order valence-electron chi connectivity index (χ4n) is 18.7. The minimum absolute atomic E-state index is 0. The Morgan fingerprint density at radius 2 is 0.611 bits per heavy atom. The first-order chi connectivity index (χ1) is 62.9. The Bertz CT molecular complexity index is 8050. The average Bonchev–Trinajstić information content (AvgIpc) is 1.60. The molecule has 6 heterocycles. The van der Waals surface area contributed by atoms with Gasteiger partial charge in [0.2, 0.25) is 0 Å². The maximum absolute atomic E-state index is 11.5. The fraction of sp³-hybridized carbons (Fsp3) is 0.0924. The summed E-state index contributed by atoms with van der Waals surface area (Å²) in [6.45, 7) is 18.1. The van der Waals surface area contributed by atoms with Gasteiger partial charge < -0.3 is 19.3 Å². The van der Waals surface area contributed by atoms with Crippen molar-refractivity contribution < 1.29 is 52.3 Å². The van der Waals surface area contributed by atoms with Crippen LogP contribution in [-0.4, -0.2) is 48.4 Å². The van der Waals surface area contributed by atoms with Crippen molar-refractivity contribution in [3.63, 3.8) is 0 Å². The largest absolute Gasteiger partial charge is 0.507 e. The van der Waals surface area contributed by atoms with E-state index in [-0.39, 0.29) is 69.9 Å². The van der Waals surface area contributed by atoms with Crippen molar-refractivity contribution in [2.75, 3.05) is 0 Å². The van der Waals surface area contributed by atoms with Crippen molar-refractivity contribution in [1.29, 1.82) is 0 Å². The van der Waals surface area contributed by atoms with Crippen LogP contribution in [0.4, 0.5) is 0 Å². The van der Waals surface area contributed by atoms with Gasteiger partial charge in [0.1, 0.15) is 23.1 Å². The number of hydrogen-bond acceptors (Lipinski definition) is 6. The molecule has 12 heteroatoms. The molecule has 22 aromatic rings. The van der Waals surface area contributed by atoms with Gasteiger partial charge >= 0.3 is 0 Å². The number of rotatable bonds is 15. The Morgan fingerprint density at radius 1 is 0.260 bits per heavy atom. The Morgan fingerprint density at radius 3 is 1.05 bits per heavy atom. The van der Waals surface area contributed by atoms with Crippen LogP contribution in [0.2, 0.25) is 0 Å². The van der Waals surface area contributed by atoms with Gasteiger partial charge in [0.25, 0.3) is 0 Å². The summed E-state index contributed by atoms with van der Waals surface area (Å²) in [5.74, 6) is 1.63. The van der Waals surface area contributed by atoms with Gasteiger partial charge in [-0.25, -0.2) is 9.97 Å². The van der Waals surface area contributed by atoms with Gasteiger partial charge in [0.05, 0.1) is 66.6 Å². The van der Waals surface area contributed by atoms with Gasteiger partial charge in [-0.1, -0.05) is 338 Å². The summed E-state index contributed by atoms with van der Waals surface area (Å²) in [5.41, 5.74) is 31.2. The van der Waals surface area contributed by atoms with E-state index in [2.05, 4.69) is 419 Å². The van der Waals surface area contributed by atoms with Crippen molar-refractivity contribution in [2.24, 2.45) is 0 Å². The zero-order valence-corrected chi connectivity index (χ0v) is 78.3. The number of aromatic nitrogens is 8. The Balaban J connectivity index is 0.000000167. The van der Waals surface area contributed by atoms with E-state index in [9.17, 15) is 10.2 Å². The number of hydrogen-bond donors (Lipinski definition) is 2. The summed E-state index contributed by atoms with van der Waals surface area (Å²) in [6.07, 6.45) is 3.84. The zero-order valence-electron chi connectivity index (χ0n) is 73.7. The fourth-order valence-corrected chi connectivity index (χ4v) is 18.7. The summed E-state index contributed by atoms with van der Waals surface area (Å²) >= 11 is 0. The summed E-state index contributed by atoms with van der Waals surface area (Å²) in [4.78, 5) is 21.4. The van der Waals surface area contributed by atoms with Crippen LogP contribution < -0.4 is 0 Å². The van der Waals surface area contributed by atoms with Gasteiger partial charge in [-0.15, -0.1) is 53.1 Å². The summed E-state index contributed by atoms with van der Waals surface area (Å²) in [6, 6.07) is 143. The number of pyridine rings is 2. The van der Waals surface area contributed by atoms with Crippen molar-refractivity contribution in [2.45, 2.75) is 71.6 Å². The van der Waals surface area contributed by atoms with E-state index in [1.54, 1.807) is 12.1 Å². The molecule has 22 rings (SSSR count). The Kier molecular flexibility index (Phi) is 23.0. The SMILES string of the molecule is CC(C)(C)c1ccc(-n2c(-c3ccccc3O)nc3c(-c4[c-]c(-c5nccc6c5c5ccccc5n6-c5ccccc5)cc(-c5ccccc5)c4)cccc32)c(-c2ccccc2)c1.CC(C)(C)c1ccc(-n2c(-c3ccccc3O)nc3c(-c4[c-]c(-c5nccc6c5c5ccccc5n6-c5ccccc5)cc(C(C)(C)c5ccccc5)c4)cccc32)c(-c2ccccc2)c1.[Pt].[Pt]. The standard InChI is InChI=1S/C61H49N4O.C58H43N4O.2Pt/c1-60(2,3)44-32-33-52(50(39-44)40-20-9-6-10-21-40)65-54-30-19-28-47(58(54)63-59(65)49-27-16-18-31-55(49)66)41-36-42(38-45(37-41)61(4,5)43-22-11-7-12-23-43)57-56-48-26-15-17-29-51(48)64(53(56)34-35-62-57)46-24-13-8-14-25-46;1-58(2,3)43-30-31-50(48(37-43)39-20-9-5-10-21-39)62-52-28-17-26-45(56(52)60-57(62)47-25-14-16-29-53(47)63)41-34-40(38-18-7-4-8-19-38)35-42(36-41)55-54-46-24-13-15-27-49(46)61(51(54)32-33-59-55)44-22-11-6-12-23-44;;/h6-35,37-39,66H,1-5H3;4-35,37,63H,1-3H3;;/q2*-1;;. The number of benzene rings is 16. The van der Waals surface area contributed by atoms with Gasteiger partial charge in [0, 0.05) is 115 Å². The number of imidazole rings is 2. The third kappa shape index (κ3) is 15.7. The quantitative estimate of drug-likeness (QED) is 0.0989. The first-order valence-electron chi connectivity index (χ1n) is 44.0. The molecule has 0 fully saturated rings. The molecule has 0 saturated carbocycles. The molecule has 0 aliphatic heterocycles. The Labute approximate surface area is 791 Å². The molecule has 0 amide bonds. The monoisotopic (exact) mass is 2050 g/mol. The molecular weight excluding hydrogens is 1960 g/mol. The molecule has 0 unspecified atom stereocenters. The first kappa shape index (κ1) is 85.8. The van der Waals surface area contributed by atoms with E-state index >= 15 is 0 Å². The predicted molar refractivity (Wildman–Crippen MR) is 532 cm³/mol. The van der Waals surface area contributed by atoms with Gasteiger partial charge in [-0.3, -0.25) is 19.1 Å². The van der Waals surface area contributed by atoms with Crippen molar-refractivity contribution in [3.8, 4) is 135 Å². The maximum atomic E-state index is 11.5. The number of phenols is 2. The molecular formula is C119H92N8O2Pt2-2. The molecule has 0 radical (unpaired) electrons. The van der Waals surface area contributed by atoms with Crippen LogP contribution in [0.1, 0.15) is 77.6 Å².